The molecule has 3 heterocycles. The van der Waals surface area contributed by atoms with Gasteiger partial charge in [-0.1, -0.05) is 120 Å². The van der Waals surface area contributed by atoms with Crippen LogP contribution in [0.3, 0.4) is 0 Å². The Kier molecular flexibility index (Phi) is 33.8. The molecule has 78 heavy (non-hydrogen) atoms. The Morgan fingerprint density at radius 3 is 1.19 bits per heavy atom. The summed E-state index contributed by atoms with van der Waals surface area (Å²) in [5.41, 5.74) is 6.19. The standard InChI is InChI=1S/C19H28N2O4.C18H26N2O4.C10H20N2O2.C8H7ClO2.C2H6.2CH4/c1-19(2,3)25-18(23)21-12-16(13-21)10-11-20(4)17(22)24-14-15-8-6-5-7-9-15;1-18(2,3)24-17(22)20-11-15(12-20)9-10-19-16(21)23-13-14-7-5-4-6-8-14;1-10(2,3)14-9(13)12-6-8(7-12)4-5-11;9-8(10)11-6-7-4-2-1-3-5-7;1-2;;/h5-9,16H,10-14H2,1-4H3;4-8,15H,9-13H2,1-3H3,(H,19,21);8H,4-7,11H2,1-3H3;1-5H,6H2;1-2H3;2*1H4. The zero-order chi connectivity index (χ0) is 56.9. The highest BCUT2D eigenvalue weighted by atomic mass is 35.5. The quantitative estimate of drug-likeness (QED) is 0.114. The second-order valence-electron chi connectivity index (χ2n) is 21.4. The molecule has 3 saturated heterocycles. The van der Waals surface area contributed by atoms with Gasteiger partial charge in [-0.15, -0.1) is 0 Å². The van der Waals surface area contributed by atoms with Crippen molar-refractivity contribution in [2.24, 2.45) is 23.5 Å². The van der Waals surface area contributed by atoms with Crippen LogP contribution in [-0.4, -0.2) is 138 Å². The van der Waals surface area contributed by atoms with E-state index >= 15 is 0 Å². The van der Waals surface area contributed by atoms with Crippen molar-refractivity contribution >= 4 is 47.5 Å². The van der Waals surface area contributed by atoms with Crippen LogP contribution in [0, 0.1) is 17.8 Å². The molecule has 0 bridgehead atoms. The van der Waals surface area contributed by atoms with Gasteiger partial charge in [-0.2, -0.15) is 0 Å². The second-order valence-corrected chi connectivity index (χ2v) is 21.7. The molecule has 19 heteroatoms. The smallest absolute Gasteiger partial charge is 0.410 e. The predicted octanol–water partition coefficient (Wildman–Crippen LogP) is 12.7. The van der Waals surface area contributed by atoms with Crippen LogP contribution in [0.15, 0.2) is 91.0 Å². The number of carbonyl (C=O) groups excluding carboxylic acids is 6. The zero-order valence-electron chi connectivity index (χ0n) is 47.1. The SMILES string of the molecule is C.C.CC.CC(C)(C)OC(=O)N1CC(CCN)C1.CC(C)(C)OC(=O)N1CC(CCNC(=O)OCc2ccccc2)C1.CN(CCC1CN(C(=O)OC(C)(C)C)C1)C(=O)OCc1ccccc1.O=C(Cl)OCc1ccccc1. The maximum Gasteiger partial charge on any atom is 0.410 e. The average molecular weight is 1120 g/mol. The number of rotatable bonds is 14. The summed E-state index contributed by atoms with van der Waals surface area (Å²) in [5.74, 6) is 1.37. The topological polar surface area (TPSA) is 209 Å². The van der Waals surface area contributed by atoms with E-state index in [1.807, 2.05) is 167 Å². The molecule has 0 unspecified atom stereocenters. The number of likely N-dealkylation sites (tertiary alicyclic amines) is 3. The Balaban J connectivity index is 0.00000104. The molecule has 3 aromatic rings. The molecule has 0 saturated carbocycles. The third kappa shape index (κ3) is 31.8. The summed E-state index contributed by atoms with van der Waals surface area (Å²) in [6.45, 7) is 27.7. The number of hydrogen-bond donors (Lipinski definition) is 2. The molecule has 3 aromatic carbocycles. The van der Waals surface area contributed by atoms with E-state index in [2.05, 4.69) is 10.1 Å². The first kappa shape index (κ1) is 71.7. The van der Waals surface area contributed by atoms with Gasteiger partial charge in [0.15, 0.2) is 0 Å². The van der Waals surface area contributed by atoms with Gasteiger partial charge in [0, 0.05) is 71.0 Å². The van der Waals surface area contributed by atoms with Crippen molar-refractivity contribution in [2.75, 3.05) is 66.0 Å². The molecule has 440 valence electrons. The number of benzene rings is 3. The molecule has 5 amide bonds. The van der Waals surface area contributed by atoms with E-state index < -0.39 is 28.3 Å². The number of alkyl carbamates (subject to hydrolysis) is 1. The Morgan fingerprint density at radius 2 is 0.859 bits per heavy atom. The van der Waals surface area contributed by atoms with Gasteiger partial charge in [-0.3, -0.25) is 0 Å². The minimum atomic E-state index is -0.770. The molecule has 3 fully saturated rings. The number of ether oxygens (including phenoxy) is 6. The van der Waals surface area contributed by atoms with Crippen LogP contribution in [0.1, 0.15) is 127 Å². The Labute approximate surface area is 471 Å². The van der Waals surface area contributed by atoms with Crippen LogP contribution in [0.4, 0.5) is 28.8 Å². The van der Waals surface area contributed by atoms with Crippen molar-refractivity contribution in [1.82, 2.24) is 24.9 Å². The largest absolute Gasteiger partial charge is 0.449 e. The second kappa shape index (κ2) is 36.8. The van der Waals surface area contributed by atoms with Crippen LogP contribution < -0.4 is 11.1 Å². The highest BCUT2D eigenvalue weighted by molar-refractivity contribution is 6.61. The fourth-order valence-electron chi connectivity index (χ4n) is 7.08. The number of carbonyl (C=O) groups is 6. The summed E-state index contributed by atoms with van der Waals surface area (Å²) in [4.78, 5) is 75.6. The monoisotopic (exact) mass is 1110 g/mol. The number of halogens is 1. The number of amides is 5. The number of nitrogens with zero attached hydrogens (tertiary/aromatic N) is 4. The van der Waals surface area contributed by atoms with E-state index in [1.165, 1.54) is 0 Å². The molecule has 0 radical (unpaired) electrons. The molecule has 0 aliphatic carbocycles. The third-order valence-electron chi connectivity index (χ3n) is 11.0. The van der Waals surface area contributed by atoms with Gasteiger partial charge in [0.25, 0.3) is 0 Å². The zero-order valence-corrected chi connectivity index (χ0v) is 47.9. The van der Waals surface area contributed by atoms with Crippen molar-refractivity contribution in [1.29, 1.82) is 0 Å². The normalized spacial score (nSPS) is 13.8. The minimum absolute atomic E-state index is 0. The van der Waals surface area contributed by atoms with Crippen LogP contribution in [-0.2, 0) is 48.2 Å². The molecule has 0 spiro atoms. The van der Waals surface area contributed by atoms with Crippen LogP contribution in [0.25, 0.3) is 0 Å². The first-order valence-corrected chi connectivity index (χ1v) is 26.5. The van der Waals surface area contributed by atoms with E-state index in [4.69, 9.17) is 41.0 Å². The van der Waals surface area contributed by atoms with E-state index in [-0.39, 0.29) is 59.0 Å². The summed E-state index contributed by atoms with van der Waals surface area (Å²) in [7, 11) is 1.73. The Hall–Kier alpha value is -6.27. The van der Waals surface area contributed by atoms with E-state index in [9.17, 15) is 28.8 Å². The lowest BCUT2D eigenvalue weighted by Gasteiger charge is -2.40. The molecule has 3 aliphatic heterocycles. The molecule has 0 atom stereocenters. The van der Waals surface area contributed by atoms with Gasteiger partial charge >= 0.3 is 35.9 Å². The number of nitrogens with one attached hydrogen (secondary N) is 1. The van der Waals surface area contributed by atoms with Crippen molar-refractivity contribution in [2.45, 2.75) is 147 Å². The van der Waals surface area contributed by atoms with Crippen LogP contribution >= 0.6 is 11.6 Å². The Bertz CT molecular complexity index is 2150. The Morgan fingerprint density at radius 1 is 0.538 bits per heavy atom. The fourth-order valence-corrected chi connectivity index (χ4v) is 7.14. The molecule has 18 nitrogen and oxygen atoms in total. The summed E-state index contributed by atoms with van der Waals surface area (Å²) in [6.07, 6.45) is 1.18. The summed E-state index contributed by atoms with van der Waals surface area (Å²) in [5, 5.41) is 2.74. The van der Waals surface area contributed by atoms with E-state index in [0.29, 0.717) is 63.6 Å². The summed E-state index contributed by atoms with van der Waals surface area (Å²) >= 11 is 4.97. The maximum absolute atomic E-state index is 12.0. The van der Waals surface area contributed by atoms with Gasteiger partial charge < -0.3 is 59.1 Å². The first-order chi connectivity index (χ1) is 35.8. The van der Waals surface area contributed by atoms with Crippen molar-refractivity contribution < 1.29 is 57.2 Å². The van der Waals surface area contributed by atoms with E-state index in [0.717, 1.165) is 49.0 Å². The van der Waals surface area contributed by atoms with Gasteiger partial charge in [0.1, 0.15) is 36.6 Å². The molecule has 6 rings (SSSR count). The highest BCUT2D eigenvalue weighted by Crippen LogP contribution is 2.24. The van der Waals surface area contributed by atoms with Crippen molar-refractivity contribution in [3.63, 3.8) is 0 Å². The molecular weight excluding hydrogens is 1020 g/mol. The lowest BCUT2D eigenvalue weighted by atomic mass is 9.97. The minimum Gasteiger partial charge on any atom is -0.449 e. The lowest BCUT2D eigenvalue weighted by molar-refractivity contribution is -0.00371. The van der Waals surface area contributed by atoms with Crippen LogP contribution in [0.5, 0.6) is 0 Å². The highest BCUT2D eigenvalue weighted by Gasteiger charge is 2.35. The average Bonchev–Trinajstić information content (AvgIpc) is 3.31. The van der Waals surface area contributed by atoms with Crippen LogP contribution in [0.2, 0.25) is 0 Å². The lowest BCUT2D eigenvalue weighted by Crippen LogP contribution is -2.52. The van der Waals surface area contributed by atoms with Gasteiger partial charge in [0.05, 0.1) is 0 Å². The number of hydrogen-bond acceptors (Lipinski definition) is 13. The molecule has 3 aliphatic rings. The molecule has 3 N–H and O–H groups in total. The maximum atomic E-state index is 12.0. The first-order valence-electron chi connectivity index (χ1n) is 26.2. The fraction of sp³-hybridized carbons (Fsp3) is 0.593. The molecular formula is C59H95ClN6O12. The van der Waals surface area contributed by atoms with Gasteiger partial charge in [0.2, 0.25) is 0 Å². The third-order valence-corrected chi connectivity index (χ3v) is 11.1. The predicted molar refractivity (Wildman–Crippen MR) is 308 cm³/mol. The van der Waals surface area contributed by atoms with Gasteiger partial charge in [-0.05, 0) is 123 Å². The summed E-state index contributed by atoms with van der Waals surface area (Å²) in [6, 6.07) is 28.5. The van der Waals surface area contributed by atoms with Gasteiger partial charge in [-0.25, -0.2) is 28.8 Å². The molecule has 0 aromatic heterocycles. The van der Waals surface area contributed by atoms with Crippen molar-refractivity contribution in [3.05, 3.63) is 108 Å². The number of nitrogens with two attached hydrogens (primary N) is 1. The van der Waals surface area contributed by atoms with E-state index in [1.54, 1.807) is 26.6 Å². The van der Waals surface area contributed by atoms with Crippen molar-refractivity contribution in [3.8, 4) is 0 Å². The summed E-state index contributed by atoms with van der Waals surface area (Å²) < 4.78 is 30.8.